The average Bonchev–Trinajstić information content (AvgIpc) is 3.02. The van der Waals surface area contributed by atoms with E-state index in [-0.39, 0.29) is 17.6 Å². The molecule has 0 amide bonds. The van der Waals surface area contributed by atoms with Gasteiger partial charge >= 0.3 is 11.9 Å². The van der Waals surface area contributed by atoms with Gasteiger partial charge < -0.3 is 9.47 Å². The van der Waals surface area contributed by atoms with E-state index in [1.165, 1.54) is 13.2 Å². The normalized spacial score (nSPS) is 13.0. The van der Waals surface area contributed by atoms with Crippen molar-refractivity contribution >= 4 is 20.9 Å². The highest BCUT2D eigenvalue weighted by Gasteiger charge is 2.33. The van der Waals surface area contributed by atoms with Crippen LogP contribution in [0.2, 0.25) is 0 Å². The number of sulfone groups is 1. The second kappa shape index (κ2) is 9.42. The van der Waals surface area contributed by atoms with E-state index in [0.29, 0.717) is 17.1 Å². The first-order valence-corrected chi connectivity index (χ1v) is 12.1. The van der Waals surface area contributed by atoms with Crippen molar-refractivity contribution in [2.24, 2.45) is 0 Å². The van der Waals surface area contributed by atoms with Gasteiger partial charge in [-0.25, -0.2) is 13.2 Å². The molecule has 12 heteroatoms. The van der Waals surface area contributed by atoms with Gasteiger partial charge in [0.2, 0.25) is 0 Å². The molecule has 0 aliphatic rings. The van der Waals surface area contributed by atoms with Crippen LogP contribution in [0.25, 0.3) is 11.0 Å². The zero-order valence-electron chi connectivity index (χ0n) is 18.6. The van der Waals surface area contributed by atoms with Crippen LogP contribution in [0.4, 0.5) is 13.2 Å². The monoisotopic (exact) mass is 497 g/mol. The number of methoxy groups -OCH3 is 1. The standard InChI is InChI=1S/C22H22F3N3O5S/c1-4-33-20-11-14(5-8-19(20)32-2)18(13-34(3,30)31)28-16-7-6-15(22(23,24)25)12-17(16)27(10-9-26)21(28)29/h5-8,11-12,18H,4,10,13H2,1-3H3. The van der Waals surface area contributed by atoms with Crippen LogP contribution in [0.15, 0.2) is 41.2 Å². The fraction of sp³-hybridized carbons (Fsp3) is 0.364. The lowest BCUT2D eigenvalue weighted by Crippen LogP contribution is -2.31. The Morgan fingerprint density at radius 3 is 2.38 bits per heavy atom. The molecule has 3 rings (SSSR count). The highest BCUT2D eigenvalue weighted by atomic mass is 32.2. The van der Waals surface area contributed by atoms with Gasteiger partial charge in [-0.2, -0.15) is 18.4 Å². The Hall–Kier alpha value is -3.46. The first-order valence-electron chi connectivity index (χ1n) is 10.1. The summed E-state index contributed by atoms with van der Waals surface area (Å²) in [5.74, 6) is 0.185. The molecule has 3 aromatic rings. The number of halogens is 3. The first kappa shape index (κ1) is 25.2. The Labute approximate surface area is 193 Å². The number of alkyl halides is 3. The molecule has 0 bridgehead atoms. The van der Waals surface area contributed by atoms with Crippen LogP contribution in [0.3, 0.4) is 0 Å². The van der Waals surface area contributed by atoms with Gasteiger partial charge in [0.05, 0.1) is 48.2 Å². The fourth-order valence-electron chi connectivity index (χ4n) is 3.76. The predicted molar refractivity (Wildman–Crippen MR) is 119 cm³/mol. The molecule has 0 fully saturated rings. The van der Waals surface area contributed by atoms with Gasteiger partial charge in [0.25, 0.3) is 0 Å². The second-order valence-corrected chi connectivity index (χ2v) is 9.73. The summed E-state index contributed by atoms with van der Waals surface area (Å²) in [5, 5.41) is 9.17. The molecule has 2 aromatic carbocycles. The number of hydrogen-bond donors (Lipinski definition) is 0. The summed E-state index contributed by atoms with van der Waals surface area (Å²) < 4.78 is 77.4. The Morgan fingerprint density at radius 1 is 1.12 bits per heavy atom. The third-order valence-corrected chi connectivity index (χ3v) is 6.08. The molecule has 1 atom stereocenters. The molecular formula is C22H22F3N3O5S. The van der Waals surface area contributed by atoms with Gasteiger partial charge in [-0.15, -0.1) is 0 Å². The molecule has 0 aliphatic carbocycles. The second-order valence-electron chi connectivity index (χ2n) is 7.55. The van der Waals surface area contributed by atoms with Crippen LogP contribution in [0.1, 0.15) is 24.1 Å². The quantitative estimate of drug-likeness (QED) is 0.473. The zero-order chi connectivity index (χ0) is 25.3. The number of nitrogens with zero attached hydrogens (tertiary/aromatic N) is 3. The molecule has 0 aliphatic heterocycles. The van der Waals surface area contributed by atoms with Crippen molar-refractivity contribution < 1.29 is 31.1 Å². The largest absolute Gasteiger partial charge is 0.493 e. The molecule has 0 saturated heterocycles. The van der Waals surface area contributed by atoms with Crippen LogP contribution >= 0.6 is 0 Å². The number of imidazole rings is 1. The van der Waals surface area contributed by atoms with E-state index in [2.05, 4.69) is 0 Å². The molecule has 0 saturated carbocycles. The minimum atomic E-state index is -4.67. The van der Waals surface area contributed by atoms with Crippen molar-refractivity contribution in [2.45, 2.75) is 25.7 Å². The van der Waals surface area contributed by atoms with Gasteiger partial charge in [0.15, 0.2) is 11.5 Å². The number of fused-ring (bicyclic) bond motifs is 1. The lowest BCUT2D eigenvalue weighted by molar-refractivity contribution is -0.137. The Bertz CT molecular complexity index is 1420. The smallest absolute Gasteiger partial charge is 0.416 e. The summed E-state index contributed by atoms with van der Waals surface area (Å²) in [7, 11) is -2.23. The van der Waals surface area contributed by atoms with E-state index in [9.17, 15) is 26.4 Å². The summed E-state index contributed by atoms with van der Waals surface area (Å²) in [6.45, 7) is 1.53. The summed E-state index contributed by atoms with van der Waals surface area (Å²) in [6.07, 6.45) is -3.67. The molecule has 0 spiro atoms. The molecule has 34 heavy (non-hydrogen) atoms. The minimum Gasteiger partial charge on any atom is -0.493 e. The van der Waals surface area contributed by atoms with Gasteiger partial charge in [-0.1, -0.05) is 6.07 Å². The SMILES string of the molecule is CCOc1cc(C(CS(C)(=O)=O)n2c(=O)n(CC#N)c3cc(C(F)(F)F)ccc32)ccc1OC. The summed E-state index contributed by atoms with van der Waals surface area (Å²) >= 11 is 0. The highest BCUT2D eigenvalue weighted by Crippen LogP contribution is 2.35. The lowest BCUT2D eigenvalue weighted by atomic mass is 10.1. The number of ether oxygens (including phenoxy) is 2. The van der Waals surface area contributed by atoms with Crippen molar-refractivity contribution in [2.75, 3.05) is 25.7 Å². The van der Waals surface area contributed by atoms with Crippen molar-refractivity contribution in [1.29, 1.82) is 5.26 Å². The van der Waals surface area contributed by atoms with Crippen LogP contribution in [0.5, 0.6) is 11.5 Å². The van der Waals surface area contributed by atoms with Gasteiger partial charge in [0.1, 0.15) is 16.4 Å². The van der Waals surface area contributed by atoms with Crippen LogP contribution < -0.4 is 15.2 Å². The summed E-state index contributed by atoms with van der Waals surface area (Å²) in [6, 6.07) is 8.00. The van der Waals surface area contributed by atoms with Crippen LogP contribution in [0, 0.1) is 11.3 Å². The number of aromatic nitrogens is 2. The van der Waals surface area contributed by atoms with E-state index in [1.807, 2.05) is 0 Å². The summed E-state index contributed by atoms with van der Waals surface area (Å²) in [4.78, 5) is 13.3. The van der Waals surface area contributed by atoms with Crippen molar-refractivity contribution in [3.63, 3.8) is 0 Å². The Balaban J connectivity index is 2.35. The molecule has 1 unspecified atom stereocenters. The topological polar surface area (TPSA) is 103 Å². The van der Waals surface area contributed by atoms with E-state index >= 15 is 0 Å². The molecule has 8 nitrogen and oxygen atoms in total. The van der Waals surface area contributed by atoms with Crippen molar-refractivity contribution in [3.05, 3.63) is 58.0 Å². The molecule has 0 N–H and O–H groups in total. The first-order chi connectivity index (χ1) is 15.9. The number of rotatable bonds is 8. The predicted octanol–water partition coefficient (Wildman–Crippen LogP) is 3.39. The third-order valence-electron chi connectivity index (χ3n) is 5.16. The molecular weight excluding hydrogens is 475 g/mol. The van der Waals surface area contributed by atoms with Crippen molar-refractivity contribution in [3.8, 4) is 17.6 Å². The average molecular weight is 497 g/mol. The zero-order valence-corrected chi connectivity index (χ0v) is 19.4. The van der Waals surface area contributed by atoms with E-state index in [0.717, 1.165) is 33.6 Å². The van der Waals surface area contributed by atoms with E-state index in [1.54, 1.807) is 25.1 Å². The molecule has 1 aromatic heterocycles. The maximum atomic E-state index is 13.3. The minimum absolute atomic E-state index is 0.0654. The number of hydrogen-bond acceptors (Lipinski definition) is 6. The van der Waals surface area contributed by atoms with E-state index < -0.39 is 45.6 Å². The Kier molecular flexibility index (Phi) is 6.97. The molecule has 1 heterocycles. The maximum absolute atomic E-state index is 13.3. The lowest BCUT2D eigenvalue weighted by Gasteiger charge is -2.20. The van der Waals surface area contributed by atoms with Crippen LogP contribution in [-0.4, -0.2) is 43.3 Å². The molecule has 0 radical (unpaired) electrons. The van der Waals surface area contributed by atoms with Gasteiger partial charge in [-0.3, -0.25) is 9.13 Å². The van der Waals surface area contributed by atoms with Crippen molar-refractivity contribution in [1.82, 2.24) is 9.13 Å². The number of benzene rings is 2. The highest BCUT2D eigenvalue weighted by molar-refractivity contribution is 7.90. The van der Waals surface area contributed by atoms with Gasteiger partial charge in [0, 0.05) is 6.26 Å². The Morgan fingerprint density at radius 2 is 1.82 bits per heavy atom. The molecule has 182 valence electrons. The van der Waals surface area contributed by atoms with Gasteiger partial charge in [-0.05, 0) is 42.8 Å². The van der Waals surface area contributed by atoms with E-state index in [4.69, 9.17) is 14.7 Å². The fourth-order valence-corrected chi connectivity index (χ4v) is 4.67. The van der Waals surface area contributed by atoms with Crippen LogP contribution in [-0.2, 0) is 22.6 Å². The maximum Gasteiger partial charge on any atom is 0.416 e. The number of nitriles is 1. The summed E-state index contributed by atoms with van der Waals surface area (Å²) in [5.41, 5.74) is -1.49. The third kappa shape index (κ3) is 5.04.